The molecule has 174 valence electrons. The molecule has 1 aliphatic heterocycles. The molecular weight excluding hydrogens is 440 g/mol. The zero-order valence-corrected chi connectivity index (χ0v) is 18.6. The van der Waals surface area contributed by atoms with Crippen LogP contribution < -0.4 is 4.90 Å². The fourth-order valence-electron chi connectivity index (χ4n) is 4.45. The lowest BCUT2D eigenvalue weighted by molar-refractivity contribution is -0.385. The van der Waals surface area contributed by atoms with Crippen LogP contribution in [0.2, 0.25) is 0 Å². The van der Waals surface area contributed by atoms with Crippen molar-refractivity contribution in [3.05, 3.63) is 81.4 Å². The van der Waals surface area contributed by atoms with Crippen molar-refractivity contribution in [2.24, 2.45) is 17.8 Å². The zero-order chi connectivity index (χ0) is 24.6. The zero-order valence-electron chi connectivity index (χ0n) is 18.6. The molecular formula is C25H22N2O7. The molecule has 0 N–H and O–H groups in total. The van der Waals surface area contributed by atoms with Crippen molar-refractivity contribution >= 4 is 34.9 Å². The summed E-state index contributed by atoms with van der Waals surface area (Å²) in [5.41, 5.74) is 0.604. The number of hydrogen-bond acceptors (Lipinski definition) is 7. The third kappa shape index (κ3) is 4.12. The molecule has 1 heterocycles. The van der Waals surface area contributed by atoms with E-state index in [0.29, 0.717) is 12.0 Å². The molecule has 3 atom stereocenters. The van der Waals surface area contributed by atoms with Gasteiger partial charge in [0.1, 0.15) is 0 Å². The predicted octanol–water partition coefficient (Wildman–Crippen LogP) is 3.64. The minimum atomic E-state index is -0.816. The molecule has 2 amide bonds. The van der Waals surface area contributed by atoms with E-state index in [1.54, 1.807) is 13.0 Å². The fourth-order valence-corrected chi connectivity index (χ4v) is 4.45. The summed E-state index contributed by atoms with van der Waals surface area (Å²) >= 11 is 0. The number of nitrogens with zero attached hydrogens (tertiary/aromatic N) is 2. The van der Waals surface area contributed by atoms with E-state index in [1.807, 2.05) is 19.1 Å². The normalized spacial score (nSPS) is 21.4. The number of rotatable bonds is 6. The van der Waals surface area contributed by atoms with Gasteiger partial charge in [-0.15, -0.1) is 0 Å². The first-order chi connectivity index (χ1) is 16.2. The smallest absolute Gasteiger partial charge is 0.338 e. The second kappa shape index (κ2) is 9.01. The second-order valence-electron chi connectivity index (χ2n) is 8.48. The van der Waals surface area contributed by atoms with Crippen LogP contribution in [-0.2, 0) is 14.3 Å². The van der Waals surface area contributed by atoms with Crippen molar-refractivity contribution in [2.45, 2.75) is 20.3 Å². The molecule has 0 unspecified atom stereocenters. The summed E-state index contributed by atoms with van der Waals surface area (Å²) in [6.07, 6.45) is 4.34. The Morgan fingerprint density at radius 2 is 1.88 bits per heavy atom. The van der Waals surface area contributed by atoms with E-state index >= 15 is 0 Å². The van der Waals surface area contributed by atoms with Gasteiger partial charge in [0.25, 0.3) is 5.69 Å². The van der Waals surface area contributed by atoms with Crippen LogP contribution in [-0.4, -0.2) is 35.1 Å². The van der Waals surface area contributed by atoms with Gasteiger partial charge in [0.15, 0.2) is 6.61 Å². The molecule has 0 bridgehead atoms. The molecule has 1 aliphatic carbocycles. The average Bonchev–Trinajstić information content (AvgIpc) is 3.08. The highest BCUT2D eigenvalue weighted by atomic mass is 16.6. The van der Waals surface area contributed by atoms with E-state index in [4.69, 9.17) is 4.74 Å². The van der Waals surface area contributed by atoms with Crippen LogP contribution in [0.1, 0.15) is 39.6 Å². The van der Waals surface area contributed by atoms with Crippen LogP contribution in [0.25, 0.3) is 0 Å². The lowest BCUT2D eigenvalue weighted by atomic mass is 9.78. The van der Waals surface area contributed by atoms with Gasteiger partial charge in [-0.25, -0.2) is 4.79 Å². The van der Waals surface area contributed by atoms with Crippen molar-refractivity contribution in [3.63, 3.8) is 0 Å². The molecule has 34 heavy (non-hydrogen) atoms. The van der Waals surface area contributed by atoms with Crippen LogP contribution in [0.3, 0.4) is 0 Å². The number of esters is 1. The molecule has 9 nitrogen and oxygen atoms in total. The predicted molar refractivity (Wildman–Crippen MR) is 121 cm³/mol. The number of aryl methyl sites for hydroxylation is 1. The molecule has 0 radical (unpaired) electrons. The quantitative estimate of drug-likeness (QED) is 0.160. The minimum absolute atomic E-state index is 0.0532. The summed E-state index contributed by atoms with van der Waals surface area (Å²) in [4.78, 5) is 62.5. The first kappa shape index (κ1) is 23.0. The molecule has 1 fully saturated rings. The summed E-state index contributed by atoms with van der Waals surface area (Å²) in [6, 6.07) is 9.96. The van der Waals surface area contributed by atoms with Gasteiger partial charge in [0.2, 0.25) is 17.6 Å². The third-order valence-corrected chi connectivity index (χ3v) is 6.27. The number of hydrogen-bond donors (Lipinski definition) is 0. The van der Waals surface area contributed by atoms with E-state index in [-0.39, 0.29) is 40.2 Å². The Morgan fingerprint density at radius 1 is 1.12 bits per heavy atom. The number of nitro benzene ring substituents is 1. The molecule has 2 aromatic rings. The van der Waals surface area contributed by atoms with E-state index in [1.165, 1.54) is 30.3 Å². The van der Waals surface area contributed by atoms with E-state index in [2.05, 4.69) is 0 Å². The SMILES string of the molecule is Cc1ccc(C(=O)COC(=O)c2cccc(N3C(=O)[C@H]4[C@@H](C)C=CC[C@H]4C3=O)c2)cc1[N+](=O)[O-]. The Morgan fingerprint density at radius 3 is 2.59 bits per heavy atom. The number of allylic oxidation sites excluding steroid dienone is 2. The number of ketones is 1. The number of ether oxygens (including phenoxy) is 1. The van der Waals surface area contributed by atoms with Crippen LogP contribution in [0.4, 0.5) is 11.4 Å². The molecule has 1 saturated heterocycles. The monoisotopic (exact) mass is 462 g/mol. The molecule has 9 heteroatoms. The van der Waals surface area contributed by atoms with Gasteiger partial charge in [0.05, 0.1) is 28.0 Å². The molecule has 0 aromatic heterocycles. The Kier molecular flexibility index (Phi) is 6.10. The molecule has 4 rings (SSSR count). The van der Waals surface area contributed by atoms with Gasteiger partial charge in [-0.1, -0.05) is 37.3 Å². The first-order valence-corrected chi connectivity index (χ1v) is 10.8. The Balaban J connectivity index is 1.47. The number of Topliss-reactive ketones (excluding diaryl/α,β-unsaturated/α-hetero) is 1. The van der Waals surface area contributed by atoms with Crippen LogP contribution in [0.15, 0.2) is 54.6 Å². The van der Waals surface area contributed by atoms with E-state index in [9.17, 15) is 29.3 Å². The third-order valence-electron chi connectivity index (χ3n) is 6.27. The Labute approximate surface area is 195 Å². The van der Waals surface area contributed by atoms with Crippen molar-refractivity contribution < 1.29 is 28.8 Å². The van der Waals surface area contributed by atoms with Gasteiger partial charge in [-0.3, -0.25) is 29.4 Å². The maximum Gasteiger partial charge on any atom is 0.338 e. The number of amides is 2. The highest BCUT2D eigenvalue weighted by Gasteiger charge is 2.50. The number of fused-ring (bicyclic) bond motifs is 1. The summed E-state index contributed by atoms with van der Waals surface area (Å²) in [6.45, 7) is 2.84. The highest BCUT2D eigenvalue weighted by Crippen LogP contribution is 2.40. The summed E-state index contributed by atoms with van der Waals surface area (Å²) in [7, 11) is 0. The van der Waals surface area contributed by atoms with Crippen molar-refractivity contribution in [1.82, 2.24) is 0 Å². The van der Waals surface area contributed by atoms with Crippen LogP contribution in [0, 0.1) is 34.8 Å². The number of carbonyl (C=O) groups excluding carboxylic acids is 4. The van der Waals surface area contributed by atoms with E-state index in [0.717, 1.165) is 11.0 Å². The Hall–Kier alpha value is -4.14. The first-order valence-electron chi connectivity index (χ1n) is 10.8. The van der Waals surface area contributed by atoms with Crippen LogP contribution in [0.5, 0.6) is 0 Å². The number of benzene rings is 2. The minimum Gasteiger partial charge on any atom is -0.454 e. The van der Waals surface area contributed by atoms with Crippen LogP contribution >= 0.6 is 0 Å². The van der Waals surface area contributed by atoms with Gasteiger partial charge >= 0.3 is 5.97 Å². The lowest BCUT2D eigenvalue weighted by Crippen LogP contribution is -2.31. The molecule has 0 saturated carbocycles. The summed E-state index contributed by atoms with van der Waals surface area (Å²) < 4.78 is 5.10. The number of imide groups is 1. The maximum atomic E-state index is 13.0. The number of nitro groups is 1. The summed E-state index contributed by atoms with van der Waals surface area (Å²) in [5, 5.41) is 11.1. The molecule has 2 aliphatic rings. The maximum absolute atomic E-state index is 13.0. The summed E-state index contributed by atoms with van der Waals surface area (Å²) in [5.74, 6) is -2.91. The van der Waals surface area contributed by atoms with Gasteiger partial charge in [-0.2, -0.15) is 0 Å². The van der Waals surface area contributed by atoms with Crippen molar-refractivity contribution in [2.75, 3.05) is 11.5 Å². The number of carbonyl (C=O) groups is 4. The van der Waals surface area contributed by atoms with Gasteiger partial charge < -0.3 is 4.74 Å². The molecule has 0 spiro atoms. The van der Waals surface area contributed by atoms with Gasteiger partial charge in [0, 0.05) is 17.2 Å². The largest absolute Gasteiger partial charge is 0.454 e. The second-order valence-corrected chi connectivity index (χ2v) is 8.48. The highest BCUT2D eigenvalue weighted by molar-refractivity contribution is 6.22. The lowest BCUT2D eigenvalue weighted by Gasteiger charge is -2.22. The number of anilines is 1. The van der Waals surface area contributed by atoms with Gasteiger partial charge in [-0.05, 0) is 37.5 Å². The fraction of sp³-hybridized carbons (Fsp3) is 0.280. The Bertz CT molecular complexity index is 1250. The van der Waals surface area contributed by atoms with E-state index < -0.39 is 35.1 Å². The standard InChI is InChI=1S/C25H22N2O7/c1-14-9-10-16(12-20(14)27(32)33)21(28)13-34-25(31)17-6-4-7-18(11-17)26-23(29)19-8-3-5-15(2)22(19)24(26)30/h3-7,9-12,15,19,22H,8,13H2,1-2H3/t15-,19+,22-/m0/s1. The molecule has 2 aromatic carbocycles. The van der Waals surface area contributed by atoms with Crippen molar-refractivity contribution in [3.8, 4) is 0 Å². The van der Waals surface area contributed by atoms with Crippen molar-refractivity contribution in [1.29, 1.82) is 0 Å². The topological polar surface area (TPSA) is 124 Å². The average molecular weight is 462 g/mol.